The highest BCUT2D eigenvalue weighted by Crippen LogP contribution is 2.23. The molecule has 2 unspecified atom stereocenters. The maximum Gasteiger partial charge on any atom is 0.223 e. The summed E-state index contributed by atoms with van der Waals surface area (Å²) in [4.78, 5) is 16.5. The van der Waals surface area contributed by atoms with Gasteiger partial charge in [-0.25, -0.2) is 9.37 Å². The van der Waals surface area contributed by atoms with Crippen LogP contribution in [-0.2, 0) is 18.3 Å². The van der Waals surface area contributed by atoms with Crippen LogP contribution in [0.15, 0.2) is 18.2 Å². The molecule has 0 saturated heterocycles. The summed E-state index contributed by atoms with van der Waals surface area (Å²) < 4.78 is 15.6. The minimum atomic E-state index is -0.315. The number of aryl methyl sites for hydroxylation is 1. The molecule has 1 saturated carbocycles. The number of nitrogens with zero attached hydrogens (tertiary/aromatic N) is 2. The average molecular weight is 391 g/mol. The van der Waals surface area contributed by atoms with Crippen LogP contribution in [0.4, 0.5) is 4.39 Å². The van der Waals surface area contributed by atoms with E-state index < -0.39 is 0 Å². The number of nitrogens with two attached hydrogens (primary N) is 1. The van der Waals surface area contributed by atoms with E-state index in [2.05, 4.69) is 10.3 Å². The number of rotatable bonds is 4. The summed E-state index contributed by atoms with van der Waals surface area (Å²) in [5.41, 5.74) is 7.08. The maximum atomic E-state index is 13.8. The summed E-state index contributed by atoms with van der Waals surface area (Å²) in [6.07, 6.45) is 4.29. The van der Waals surface area contributed by atoms with Gasteiger partial charge >= 0.3 is 0 Å². The monoisotopic (exact) mass is 390 g/mol. The van der Waals surface area contributed by atoms with E-state index in [0.29, 0.717) is 18.5 Å². The normalized spacial score (nSPS) is 19.8. The molecule has 1 fully saturated rings. The van der Waals surface area contributed by atoms with Crippen LogP contribution in [0.5, 0.6) is 0 Å². The fraction of sp³-hybridized carbons (Fsp3) is 0.529. The lowest BCUT2D eigenvalue weighted by molar-refractivity contribution is -0.126. The van der Waals surface area contributed by atoms with E-state index in [0.717, 1.165) is 37.0 Å². The van der Waals surface area contributed by atoms with Crippen LogP contribution in [0.3, 0.4) is 0 Å². The Bertz CT molecular complexity index is 722. The van der Waals surface area contributed by atoms with E-state index >= 15 is 0 Å². The molecule has 0 spiro atoms. The third kappa shape index (κ3) is 4.84. The number of carbonyl (C=O) groups excluding carboxylic acids is 1. The molecule has 8 heteroatoms. The van der Waals surface area contributed by atoms with Crippen molar-refractivity contribution in [2.75, 3.05) is 6.54 Å². The van der Waals surface area contributed by atoms with Crippen molar-refractivity contribution in [1.82, 2.24) is 14.9 Å². The summed E-state index contributed by atoms with van der Waals surface area (Å²) in [6, 6.07) is 5.07. The third-order valence-corrected chi connectivity index (χ3v) is 4.69. The number of imidazole rings is 1. The smallest absolute Gasteiger partial charge is 0.223 e. The molecular formula is C17H25Cl2FN4O. The molecule has 3 rings (SSSR count). The van der Waals surface area contributed by atoms with Gasteiger partial charge in [-0.15, -0.1) is 24.8 Å². The van der Waals surface area contributed by atoms with Crippen molar-refractivity contribution in [2.24, 2.45) is 18.7 Å². The van der Waals surface area contributed by atoms with Crippen LogP contribution in [0.1, 0.15) is 31.5 Å². The fourth-order valence-corrected chi connectivity index (χ4v) is 3.36. The molecule has 0 radical (unpaired) electrons. The van der Waals surface area contributed by atoms with Crippen molar-refractivity contribution in [3.05, 3.63) is 29.8 Å². The summed E-state index contributed by atoms with van der Waals surface area (Å²) in [5.74, 6) is 0.553. The van der Waals surface area contributed by atoms with Gasteiger partial charge in [0.1, 0.15) is 11.3 Å². The Labute approximate surface area is 159 Å². The molecule has 1 aromatic heterocycles. The van der Waals surface area contributed by atoms with Gasteiger partial charge in [0.2, 0.25) is 5.91 Å². The first-order chi connectivity index (χ1) is 11.1. The average Bonchev–Trinajstić information content (AvgIpc) is 2.86. The third-order valence-electron chi connectivity index (χ3n) is 4.69. The van der Waals surface area contributed by atoms with E-state index in [1.807, 2.05) is 17.7 Å². The Hall–Kier alpha value is -1.37. The molecule has 2 aromatic rings. The molecule has 1 amide bonds. The van der Waals surface area contributed by atoms with Crippen molar-refractivity contribution in [1.29, 1.82) is 0 Å². The highest BCUT2D eigenvalue weighted by molar-refractivity contribution is 5.85. The van der Waals surface area contributed by atoms with E-state index in [-0.39, 0.29) is 48.5 Å². The Morgan fingerprint density at radius 3 is 2.84 bits per heavy atom. The SMILES string of the molecule is Cl.Cl.Cn1c(CCNC(=O)C2CCCC(N)C2)nc2c(F)cccc21. The number of hydrogen-bond donors (Lipinski definition) is 2. The van der Waals surface area contributed by atoms with Crippen LogP contribution >= 0.6 is 24.8 Å². The van der Waals surface area contributed by atoms with Crippen LogP contribution < -0.4 is 11.1 Å². The zero-order valence-electron chi connectivity index (χ0n) is 14.2. The van der Waals surface area contributed by atoms with Gasteiger partial charge in [-0.1, -0.05) is 12.5 Å². The standard InChI is InChI=1S/C17H23FN4O.2ClH/c1-22-14-7-3-6-13(18)16(14)21-15(22)8-9-20-17(23)11-4-2-5-12(19)10-11;;/h3,6-7,11-12H,2,4-5,8-10,19H2,1H3,(H,20,23);2*1H. The molecule has 2 atom stereocenters. The number of aromatic nitrogens is 2. The number of benzene rings is 1. The minimum absolute atomic E-state index is 0. The second kappa shape index (κ2) is 9.36. The molecule has 0 bridgehead atoms. The minimum Gasteiger partial charge on any atom is -0.355 e. The number of nitrogens with one attached hydrogen (secondary N) is 1. The molecule has 0 aliphatic heterocycles. The van der Waals surface area contributed by atoms with Gasteiger partial charge in [-0.3, -0.25) is 4.79 Å². The van der Waals surface area contributed by atoms with E-state index in [1.54, 1.807) is 6.07 Å². The first kappa shape index (κ1) is 21.7. The predicted molar refractivity (Wildman–Crippen MR) is 102 cm³/mol. The van der Waals surface area contributed by atoms with Crippen LogP contribution in [0.2, 0.25) is 0 Å². The van der Waals surface area contributed by atoms with E-state index in [9.17, 15) is 9.18 Å². The lowest BCUT2D eigenvalue weighted by Gasteiger charge is -2.25. The van der Waals surface area contributed by atoms with Gasteiger partial charge in [-0.05, 0) is 31.4 Å². The van der Waals surface area contributed by atoms with Crippen LogP contribution in [-0.4, -0.2) is 28.0 Å². The van der Waals surface area contributed by atoms with Gasteiger partial charge in [0, 0.05) is 32.0 Å². The lowest BCUT2D eigenvalue weighted by Crippen LogP contribution is -2.38. The van der Waals surface area contributed by atoms with Crippen molar-refractivity contribution < 1.29 is 9.18 Å². The summed E-state index contributed by atoms with van der Waals surface area (Å²) in [6.45, 7) is 0.503. The highest BCUT2D eigenvalue weighted by atomic mass is 35.5. The lowest BCUT2D eigenvalue weighted by atomic mass is 9.85. The molecular weight excluding hydrogens is 366 g/mol. The Balaban J connectivity index is 0.00000156. The van der Waals surface area contributed by atoms with E-state index in [4.69, 9.17) is 5.73 Å². The topological polar surface area (TPSA) is 72.9 Å². The first-order valence-electron chi connectivity index (χ1n) is 8.19. The van der Waals surface area contributed by atoms with Crippen LogP contribution in [0, 0.1) is 11.7 Å². The number of para-hydroxylation sites is 1. The van der Waals surface area contributed by atoms with Gasteiger partial charge in [0.05, 0.1) is 5.52 Å². The number of hydrogen-bond acceptors (Lipinski definition) is 3. The molecule has 3 N–H and O–H groups in total. The molecule has 1 aromatic carbocycles. The molecule has 5 nitrogen and oxygen atoms in total. The summed E-state index contributed by atoms with van der Waals surface area (Å²) >= 11 is 0. The predicted octanol–water partition coefficient (Wildman–Crippen LogP) is 2.73. The van der Waals surface area contributed by atoms with Crippen LogP contribution in [0.25, 0.3) is 11.0 Å². The molecule has 1 aliphatic carbocycles. The van der Waals surface area contributed by atoms with Crippen molar-refractivity contribution in [3.8, 4) is 0 Å². The largest absolute Gasteiger partial charge is 0.355 e. The Kier molecular flexibility index (Phi) is 8.12. The number of carbonyl (C=O) groups is 1. The first-order valence-corrected chi connectivity index (χ1v) is 8.19. The van der Waals surface area contributed by atoms with E-state index in [1.165, 1.54) is 6.07 Å². The Morgan fingerprint density at radius 2 is 2.16 bits per heavy atom. The van der Waals surface area contributed by atoms with Gasteiger partial charge in [0.25, 0.3) is 0 Å². The zero-order chi connectivity index (χ0) is 16.4. The zero-order valence-corrected chi connectivity index (χ0v) is 15.8. The van der Waals surface area contributed by atoms with Gasteiger partial charge in [-0.2, -0.15) is 0 Å². The van der Waals surface area contributed by atoms with Gasteiger partial charge < -0.3 is 15.6 Å². The number of halogens is 3. The second-order valence-corrected chi connectivity index (χ2v) is 6.36. The quantitative estimate of drug-likeness (QED) is 0.842. The molecule has 1 heterocycles. The molecule has 25 heavy (non-hydrogen) atoms. The Morgan fingerprint density at radius 1 is 1.40 bits per heavy atom. The van der Waals surface area contributed by atoms with Gasteiger partial charge in [0.15, 0.2) is 5.82 Å². The summed E-state index contributed by atoms with van der Waals surface area (Å²) in [5, 5.41) is 2.97. The number of fused-ring (bicyclic) bond motifs is 1. The molecule has 140 valence electrons. The fourth-order valence-electron chi connectivity index (χ4n) is 3.36. The molecule has 1 aliphatic rings. The second-order valence-electron chi connectivity index (χ2n) is 6.36. The van der Waals surface area contributed by atoms with Crippen molar-refractivity contribution in [2.45, 2.75) is 38.1 Å². The van der Waals surface area contributed by atoms with Crippen molar-refractivity contribution in [3.63, 3.8) is 0 Å². The summed E-state index contributed by atoms with van der Waals surface area (Å²) in [7, 11) is 1.87. The highest BCUT2D eigenvalue weighted by Gasteiger charge is 2.25. The maximum absolute atomic E-state index is 13.8. The van der Waals surface area contributed by atoms with Crippen molar-refractivity contribution >= 4 is 41.8 Å². The number of amides is 1.